The monoisotopic (exact) mass is 447 g/mol. The fourth-order valence-electron chi connectivity index (χ4n) is 2.96. The molecule has 0 bridgehead atoms. The largest absolute Gasteiger partial charge is 0.346 e. The molecule has 6 nitrogen and oxygen atoms in total. The number of nitrogens with one attached hydrogen (secondary N) is 2. The fourth-order valence-corrected chi connectivity index (χ4v) is 4.27. The Labute approximate surface area is 180 Å². The second kappa shape index (κ2) is 10.3. The van der Waals surface area contributed by atoms with E-state index < -0.39 is 16.7 Å². The highest BCUT2D eigenvalue weighted by atomic mass is 32.2. The van der Waals surface area contributed by atoms with Gasteiger partial charge in [-0.2, -0.15) is 0 Å². The van der Waals surface area contributed by atoms with Gasteiger partial charge >= 0.3 is 0 Å². The van der Waals surface area contributed by atoms with Crippen molar-refractivity contribution in [2.75, 3.05) is 4.72 Å². The molecule has 3 aromatic rings. The first-order valence-electron chi connectivity index (χ1n) is 9.41. The van der Waals surface area contributed by atoms with Crippen molar-refractivity contribution in [3.05, 3.63) is 81.6 Å². The van der Waals surface area contributed by atoms with E-state index in [1.54, 1.807) is 42.5 Å². The number of rotatable bonds is 9. The molecule has 9 heteroatoms. The van der Waals surface area contributed by atoms with E-state index in [-0.39, 0.29) is 18.4 Å². The Bertz CT molecular complexity index is 1070. The summed E-state index contributed by atoms with van der Waals surface area (Å²) in [6, 6.07) is 12.8. The average Bonchev–Trinajstić information content (AvgIpc) is 3.19. The van der Waals surface area contributed by atoms with Crippen LogP contribution in [0.2, 0.25) is 0 Å². The minimum atomic E-state index is -2.72. The van der Waals surface area contributed by atoms with Crippen LogP contribution in [0.1, 0.15) is 34.8 Å². The Morgan fingerprint density at radius 2 is 1.90 bits per heavy atom. The molecule has 0 aliphatic rings. The molecule has 0 fully saturated rings. The quantitative estimate of drug-likeness (QED) is 0.439. The van der Waals surface area contributed by atoms with E-state index >= 15 is 0 Å². The van der Waals surface area contributed by atoms with Crippen molar-refractivity contribution in [2.24, 2.45) is 0 Å². The van der Waals surface area contributed by atoms with Gasteiger partial charge in [0.05, 0.1) is 18.2 Å². The summed E-state index contributed by atoms with van der Waals surface area (Å²) in [4.78, 5) is 17.2. The van der Waals surface area contributed by atoms with E-state index in [1.807, 2.05) is 12.3 Å². The van der Waals surface area contributed by atoms with Gasteiger partial charge in [0.25, 0.3) is 0 Å². The number of benzene rings is 2. The summed E-state index contributed by atoms with van der Waals surface area (Å²) in [5.74, 6) is -0.702. The number of halogens is 1. The van der Waals surface area contributed by atoms with Crippen LogP contribution in [-0.4, -0.2) is 19.3 Å². The molecule has 0 saturated carbocycles. The Morgan fingerprint density at radius 1 is 1.17 bits per heavy atom. The minimum absolute atomic E-state index is 0.0609. The van der Waals surface area contributed by atoms with Gasteiger partial charge in [0.2, 0.25) is 16.8 Å². The summed E-state index contributed by atoms with van der Waals surface area (Å²) >= 11 is 1.47. The number of carbonyl (C=O) groups is 1. The highest BCUT2D eigenvalue weighted by molar-refractivity contribution is 7.73. The Kier molecular flexibility index (Phi) is 7.53. The molecule has 2 aromatic carbocycles. The zero-order chi connectivity index (χ0) is 21.5. The molecule has 158 valence electrons. The van der Waals surface area contributed by atoms with Gasteiger partial charge in [0.15, 0.2) is 0 Å². The lowest BCUT2D eigenvalue weighted by molar-refractivity contribution is -0.121. The molecule has 0 aliphatic heterocycles. The summed E-state index contributed by atoms with van der Waals surface area (Å²) in [5, 5.41) is 5.71. The summed E-state index contributed by atoms with van der Waals surface area (Å²) < 4.78 is 37.8. The molecule has 1 atom stereocenters. The summed E-state index contributed by atoms with van der Waals surface area (Å²) in [6.45, 7) is 2.01. The first kappa shape index (κ1) is 21.9. The fraction of sp³-hybridized carbons (Fsp3) is 0.238. The number of aromatic nitrogens is 1. The number of anilines is 1. The van der Waals surface area contributed by atoms with Gasteiger partial charge in [-0.15, -0.1) is 11.3 Å². The summed E-state index contributed by atoms with van der Waals surface area (Å²) in [7, 11) is -2.72. The van der Waals surface area contributed by atoms with E-state index in [2.05, 4.69) is 15.0 Å². The molecule has 0 saturated heterocycles. The Hall–Kier alpha value is -2.78. The topological polar surface area (TPSA) is 88.2 Å². The predicted molar refractivity (Wildman–Crippen MR) is 117 cm³/mol. The molecule has 0 spiro atoms. The van der Waals surface area contributed by atoms with Crippen molar-refractivity contribution < 1.29 is 17.6 Å². The maximum atomic E-state index is 13.9. The lowest BCUT2D eigenvalue weighted by atomic mass is 10.0. The number of hydrogen-bond acceptors (Lipinski definition) is 5. The van der Waals surface area contributed by atoms with Crippen LogP contribution in [0.25, 0.3) is 0 Å². The predicted octanol–water partition coefficient (Wildman–Crippen LogP) is 3.43. The van der Waals surface area contributed by atoms with E-state index in [0.29, 0.717) is 17.7 Å². The van der Waals surface area contributed by atoms with Gasteiger partial charge in [0.1, 0.15) is 10.8 Å². The van der Waals surface area contributed by atoms with Gasteiger partial charge < -0.3 is 5.32 Å². The van der Waals surface area contributed by atoms with Crippen molar-refractivity contribution in [1.29, 1.82) is 0 Å². The van der Waals surface area contributed by atoms with E-state index in [9.17, 15) is 17.6 Å². The van der Waals surface area contributed by atoms with Crippen molar-refractivity contribution in [1.82, 2.24) is 10.3 Å². The standard InChI is InChI=1S/C21H22FN3O3S2/c1-2-16-13-29-21(23-16)19(11-14-7-9-17(10-8-14)25-30(27)28)24-20(26)12-15-5-3-4-6-18(15)22/h3-10,13,19,30H,2,11-12H2,1H3,(H,24,26)(H,25,27,28)/t19-/m0/s1. The maximum absolute atomic E-state index is 13.9. The van der Waals surface area contributed by atoms with Gasteiger partial charge in [-0.3, -0.25) is 9.52 Å². The highest BCUT2D eigenvalue weighted by Gasteiger charge is 2.20. The van der Waals surface area contributed by atoms with Crippen LogP contribution in [0.4, 0.5) is 10.1 Å². The first-order chi connectivity index (χ1) is 14.4. The molecule has 1 aromatic heterocycles. The molecule has 2 N–H and O–H groups in total. The van der Waals surface area contributed by atoms with Crippen LogP contribution in [-0.2, 0) is 34.9 Å². The normalized spacial score (nSPS) is 12.0. The highest BCUT2D eigenvalue weighted by Crippen LogP contribution is 2.24. The van der Waals surface area contributed by atoms with Crippen LogP contribution in [0.3, 0.4) is 0 Å². The van der Waals surface area contributed by atoms with E-state index in [0.717, 1.165) is 22.7 Å². The number of thiol groups is 1. The van der Waals surface area contributed by atoms with Crippen molar-refractivity contribution >= 4 is 33.8 Å². The third kappa shape index (κ3) is 6.11. The third-order valence-electron chi connectivity index (χ3n) is 4.49. The SMILES string of the molecule is CCc1csc([C@H](Cc2ccc(N[SH](=O)=O)cc2)NC(=O)Cc2ccccc2F)n1. The Morgan fingerprint density at radius 3 is 2.53 bits per heavy atom. The molecular formula is C21H22FN3O3S2. The van der Waals surface area contributed by atoms with Gasteiger partial charge in [0, 0.05) is 11.1 Å². The smallest absolute Gasteiger partial charge is 0.225 e. The lowest BCUT2D eigenvalue weighted by Crippen LogP contribution is -2.31. The molecule has 0 unspecified atom stereocenters. The number of carbonyl (C=O) groups excluding carboxylic acids is 1. The van der Waals surface area contributed by atoms with Gasteiger partial charge in [-0.05, 0) is 42.2 Å². The van der Waals surface area contributed by atoms with E-state index in [1.165, 1.54) is 17.4 Å². The molecule has 0 radical (unpaired) electrons. The van der Waals surface area contributed by atoms with Gasteiger partial charge in [-0.1, -0.05) is 37.3 Å². The van der Waals surface area contributed by atoms with E-state index in [4.69, 9.17) is 0 Å². The zero-order valence-electron chi connectivity index (χ0n) is 16.3. The van der Waals surface area contributed by atoms with Crippen molar-refractivity contribution in [2.45, 2.75) is 32.2 Å². The van der Waals surface area contributed by atoms with Gasteiger partial charge in [-0.25, -0.2) is 17.8 Å². The summed E-state index contributed by atoms with van der Waals surface area (Å²) in [5.41, 5.74) is 2.66. The van der Waals surface area contributed by atoms with Crippen LogP contribution in [0.15, 0.2) is 53.9 Å². The molecule has 30 heavy (non-hydrogen) atoms. The first-order valence-corrected chi connectivity index (χ1v) is 11.5. The molecule has 1 amide bonds. The van der Waals surface area contributed by atoms with Crippen LogP contribution in [0.5, 0.6) is 0 Å². The molecule has 1 heterocycles. The number of nitrogens with zero attached hydrogens (tertiary/aromatic N) is 1. The van der Waals surface area contributed by atoms with Crippen molar-refractivity contribution in [3.8, 4) is 0 Å². The van der Waals surface area contributed by atoms with Crippen molar-refractivity contribution in [3.63, 3.8) is 0 Å². The Balaban J connectivity index is 1.76. The summed E-state index contributed by atoms with van der Waals surface area (Å²) in [6.07, 6.45) is 1.21. The zero-order valence-corrected chi connectivity index (χ0v) is 18.0. The number of aryl methyl sites for hydroxylation is 1. The number of thiazole rings is 1. The van der Waals surface area contributed by atoms with Crippen LogP contribution in [0, 0.1) is 5.82 Å². The lowest BCUT2D eigenvalue weighted by Gasteiger charge is -2.17. The molecular weight excluding hydrogens is 425 g/mol. The maximum Gasteiger partial charge on any atom is 0.225 e. The van der Waals surface area contributed by atoms with Crippen LogP contribution >= 0.6 is 11.3 Å². The number of hydrogen-bond donors (Lipinski definition) is 3. The molecule has 0 aliphatic carbocycles. The number of amides is 1. The minimum Gasteiger partial charge on any atom is -0.346 e. The molecule has 3 rings (SSSR count). The average molecular weight is 448 g/mol. The third-order valence-corrected chi connectivity index (χ3v) is 5.94. The van der Waals surface area contributed by atoms with Crippen LogP contribution < -0.4 is 10.0 Å². The second-order valence-electron chi connectivity index (χ2n) is 6.69. The second-order valence-corrected chi connectivity index (χ2v) is 8.32.